The van der Waals surface area contributed by atoms with E-state index in [9.17, 15) is 4.39 Å². The topological polar surface area (TPSA) is 57.2 Å². The van der Waals surface area contributed by atoms with E-state index in [-0.39, 0.29) is 5.82 Å². The lowest BCUT2D eigenvalue weighted by Crippen LogP contribution is -2.47. The normalized spacial score (nSPS) is 14.2. The quantitative estimate of drug-likeness (QED) is 0.736. The van der Waals surface area contributed by atoms with Crippen LogP contribution in [0.2, 0.25) is 0 Å². The lowest BCUT2D eigenvalue weighted by Gasteiger charge is -2.36. The number of anilines is 3. The number of aromatic nitrogens is 3. The van der Waals surface area contributed by atoms with Crippen LogP contribution in [-0.4, -0.2) is 41.1 Å². The maximum atomic E-state index is 13.8. The number of pyridine rings is 1. The predicted octanol–water partition coefficient (Wildman–Crippen LogP) is 3.26. The van der Waals surface area contributed by atoms with Gasteiger partial charge < -0.3 is 15.1 Å². The maximum Gasteiger partial charge on any atom is 0.134 e. The summed E-state index contributed by atoms with van der Waals surface area (Å²) in [6, 6.07) is 14.7. The second kappa shape index (κ2) is 8.21. The zero-order valence-electron chi connectivity index (χ0n) is 15.8. The van der Waals surface area contributed by atoms with Crippen LogP contribution in [0.25, 0.3) is 0 Å². The van der Waals surface area contributed by atoms with Gasteiger partial charge in [0.25, 0.3) is 0 Å². The van der Waals surface area contributed by atoms with Gasteiger partial charge in [0.2, 0.25) is 0 Å². The molecule has 0 unspecified atom stereocenters. The highest BCUT2D eigenvalue weighted by molar-refractivity contribution is 5.51. The van der Waals surface area contributed by atoms with Gasteiger partial charge in [0.05, 0.1) is 0 Å². The van der Waals surface area contributed by atoms with Crippen molar-refractivity contribution in [2.24, 2.45) is 0 Å². The van der Waals surface area contributed by atoms with Crippen molar-refractivity contribution in [1.82, 2.24) is 15.0 Å². The molecule has 0 aliphatic carbocycles. The van der Waals surface area contributed by atoms with Gasteiger partial charge in [0.15, 0.2) is 0 Å². The van der Waals surface area contributed by atoms with Gasteiger partial charge in [-0.15, -0.1) is 0 Å². The van der Waals surface area contributed by atoms with E-state index in [1.54, 1.807) is 12.1 Å². The average molecular weight is 378 g/mol. The number of hydrogen-bond donors (Lipinski definition) is 1. The smallest absolute Gasteiger partial charge is 0.134 e. The molecule has 28 heavy (non-hydrogen) atoms. The summed E-state index contributed by atoms with van der Waals surface area (Å²) >= 11 is 0. The fourth-order valence-corrected chi connectivity index (χ4v) is 3.34. The molecule has 1 aromatic carbocycles. The van der Waals surface area contributed by atoms with E-state index in [0.717, 1.165) is 37.8 Å². The molecule has 1 fully saturated rings. The summed E-state index contributed by atoms with van der Waals surface area (Å²) in [4.78, 5) is 18.0. The Labute approximate surface area is 164 Å². The third kappa shape index (κ3) is 4.19. The monoisotopic (exact) mass is 378 g/mol. The van der Waals surface area contributed by atoms with Gasteiger partial charge in [-0.2, -0.15) is 0 Å². The van der Waals surface area contributed by atoms with Crippen LogP contribution in [0.5, 0.6) is 0 Å². The third-order valence-electron chi connectivity index (χ3n) is 4.82. The molecule has 6 nitrogen and oxygen atoms in total. The Balaban J connectivity index is 1.42. The van der Waals surface area contributed by atoms with E-state index in [4.69, 9.17) is 0 Å². The van der Waals surface area contributed by atoms with Gasteiger partial charge in [-0.25, -0.2) is 19.3 Å². The molecule has 3 aromatic rings. The van der Waals surface area contributed by atoms with E-state index < -0.39 is 0 Å². The minimum Gasteiger partial charge on any atom is -0.366 e. The van der Waals surface area contributed by atoms with Crippen molar-refractivity contribution in [3.63, 3.8) is 0 Å². The van der Waals surface area contributed by atoms with Crippen molar-refractivity contribution in [2.45, 2.75) is 13.5 Å². The van der Waals surface area contributed by atoms with Crippen LogP contribution in [0, 0.1) is 12.7 Å². The molecule has 7 heteroatoms. The number of halogens is 1. The second-order valence-electron chi connectivity index (χ2n) is 6.77. The van der Waals surface area contributed by atoms with Gasteiger partial charge in [0.1, 0.15) is 29.1 Å². The fourth-order valence-electron chi connectivity index (χ4n) is 3.34. The lowest BCUT2D eigenvalue weighted by atomic mass is 10.2. The Morgan fingerprint density at radius 1 is 0.929 bits per heavy atom. The van der Waals surface area contributed by atoms with Crippen LogP contribution in [-0.2, 0) is 6.54 Å². The highest BCUT2D eigenvalue weighted by Gasteiger charge is 2.19. The molecule has 4 rings (SSSR count). The van der Waals surface area contributed by atoms with Crippen LogP contribution in [0.1, 0.15) is 11.4 Å². The van der Waals surface area contributed by atoms with Crippen molar-refractivity contribution in [2.75, 3.05) is 41.3 Å². The van der Waals surface area contributed by atoms with E-state index in [1.807, 2.05) is 43.5 Å². The molecule has 0 spiro atoms. The molecule has 1 N–H and O–H groups in total. The summed E-state index contributed by atoms with van der Waals surface area (Å²) in [5.41, 5.74) is 0.615. The maximum absolute atomic E-state index is 13.8. The summed E-state index contributed by atoms with van der Waals surface area (Å²) in [7, 11) is 0. The molecule has 1 aliphatic heterocycles. The van der Waals surface area contributed by atoms with E-state index >= 15 is 0 Å². The van der Waals surface area contributed by atoms with E-state index in [2.05, 4.69) is 30.1 Å². The number of nitrogens with zero attached hydrogens (tertiary/aromatic N) is 5. The van der Waals surface area contributed by atoms with Crippen molar-refractivity contribution >= 4 is 17.5 Å². The molecule has 0 atom stereocenters. The molecule has 3 heterocycles. The predicted molar refractivity (Wildman–Crippen MR) is 109 cm³/mol. The van der Waals surface area contributed by atoms with E-state index in [1.165, 1.54) is 6.07 Å². The number of nitrogens with one attached hydrogen (secondary N) is 1. The number of hydrogen-bond acceptors (Lipinski definition) is 6. The largest absolute Gasteiger partial charge is 0.366 e. The Hall–Kier alpha value is -3.22. The Kier molecular flexibility index (Phi) is 5.32. The molecule has 0 radical (unpaired) electrons. The van der Waals surface area contributed by atoms with Crippen molar-refractivity contribution in [3.8, 4) is 0 Å². The van der Waals surface area contributed by atoms with Crippen LogP contribution < -0.4 is 15.1 Å². The van der Waals surface area contributed by atoms with Crippen molar-refractivity contribution in [1.29, 1.82) is 0 Å². The second-order valence-corrected chi connectivity index (χ2v) is 6.77. The first-order valence-electron chi connectivity index (χ1n) is 9.43. The number of rotatable bonds is 5. The Morgan fingerprint density at radius 2 is 1.64 bits per heavy atom. The minimum absolute atomic E-state index is 0.216. The molecular weight excluding hydrogens is 355 g/mol. The third-order valence-corrected chi connectivity index (χ3v) is 4.82. The summed E-state index contributed by atoms with van der Waals surface area (Å²) in [6.07, 6.45) is 1.82. The Morgan fingerprint density at radius 3 is 2.36 bits per heavy atom. The van der Waals surface area contributed by atoms with Crippen LogP contribution in [0.15, 0.2) is 54.7 Å². The first kappa shape index (κ1) is 18.2. The summed E-state index contributed by atoms with van der Waals surface area (Å²) < 4.78 is 13.8. The SMILES string of the molecule is Cc1nc(NCc2ccccc2F)cc(N2CCN(c3ccccn3)CC2)n1. The van der Waals surface area contributed by atoms with Crippen molar-refractivity contribution < 1.29 is 4.39 Å². The Bertz CT molecular complexity index is 925. The number of piperazine rings is 1. The highest BCUT2D eigenvalue weighted by Crippen LogP contribution is 2.20. The van der Waals surface area contributed by atoms with Gasteiger partial charge in [-0.3, -0.25) is 0 Å². The van der Waals surface area contributed by atoms with Crippen molar-refractivity contribution in [3.05, 3.63) is 71.9 Å². The molecule has 0 bridgehead atoms. The molecule has 0 saturated carbocycles. The van der Waals surface area contributed by atoms with Gasteiger partial charge in [0, 0.05) is 50.6 Å². The summed E-state index contributed by atoms with van der Waals surface area (Å²) in [6.45, 7) is 5.76. The number of aryl methyl sites for hydroxylation is 1. The molecule has 0 amide bonds. The van der Waals surface area contributed by atoms with Gasteiger partial charge in [-0.1, -0.05) is 24.3 Å². The van der Waals surface area contributed by atoms with Crippen LogP contribution >= 0.6 is 0 Å². The zero-order chi connectivity index (χ0) is 19.3. The fraction of sp³-hybridized carbons (Fsp3) is 0.286. The zero-order valence-corrected chi connectivity index (χ0v) is 15.8. The summed E-state index contributed by atoms with van der Waals surface area (Å²) in [5, 5.41) is 3.22. The van der Waals surface area contributed by atoms with Gasteiger partial charge in [-0.05, 0) is 25.1 Å². The highest BCUT2D eigenvalue weighted by atomic mass is 19.1. The summed E-state index contributed by atoms with van der Waals surface area (Å²) in [5.74, 6) is 3.09. The number of benzene rings is 1. The van der Waals surface area contributed by atoms with Crippen LogP contribution in [0.4, 0.5) is 21.8 Å². The standard InChI is InChI=1S/C21H23FN6/c1-16-25-19(24-15-17-6-2-3-7-18(17)22)14-21(26-16)28-12-10-27(11-13-28)20-8-4-5-9-23-20/h2-9,14H,10-13,15H2,1H3,(H,24,25,26). The first-order valence-corrected chi connectivity index (χ1v) is 9.43. The van der Waals surface area contributed by atoms with E-state index in [0.29, 0.717) is 23.8 Å². The first-order chi connectivity index (χ1) is 13.7. The molecule has 2 aromatic heterocycles. The molecular formula is C21H23FN6. The lowest BCUT2D eigenvalue weighted by molar-refractivity contribution is 0.613. The molecule has 144 valence electrons. The minimum atomic E-state index is -0.216. The molecule has 1 saturated heterocycles. The van der Waals surface area contributed by atoms with Gasteiger partial charge >= 0.3 is 0 Å². The van der Waals surface area contributed by atoms with Crippen LogP contribution in [0.3, 0.4) is 0 Å². The molecule has 1 aliphatic rings. The average Bonchev–Trinajstić information content (AvgIpc) is 2.74.